The van der Waals surface area contributed by atoms with Gasteiger partial charge in [-0.05, 0) is 43.4 Å². The number of carbonyl (C=O) groups is 1. The summed E-state index contributed by atoms with van der Waals surface area (Å²) >= 11 is 0. The number of halogens is 1. The van der Waals surface area contributed by atoms with Gasteiger partial charge in [0.15, 0.2) is 0 Å². The van der Waals surface area contributed by atoms with E-state index in [2.05, 4.69) is 0 Å². The summed E-state index contributed by atoms with van der Waals surface area (Å²) in [5.41, 5.74) is 6.88. The van der Waals surface area contributed by atoms with Crippen LogP contribution in [-0.4, -0.2) is 30.4 Å². The van der Waals surface area contributed by atoms with Gasteiger partial charge in [0, 0.05) is 25.6 Å². The summed E-state index contributed by atoms with van der Waals surface area (Å²) < 4.78 is 12.8. The van der Waals surface area contributed by atoms with E-state index in [0.717, 1.165) is 31.2 Å². The third kappa shape index (κ3) is 3.77. The number of carbonyl (C=O) groups excluding carboxylic acids is 1. The van der Waals surface area contributed by atoms with Crippen molar-refractivity contribution in [3.05, 3.63) is 35.6 Å². The molecule has 0 aliphatic heterocycles. The van der Waals surface area contributed by atoms with Crippen molar-refractivity contribution in [2.45, 2.75) is 31.7 Å². The molecule has 3 nitrogen and oxygen atoms in total. The van der Waals surface area contributed by atoms with Crippen LogP contribution < -0.4 is 5.73 Å². The average Bonchev–Trinajstić information content (AvgIpc) is 2.83. The highest BCUT2D eigenvalue weighted by Crippen LogP contribution is 2.25. The van der Waals surface area contributed by atoms with Crippen molar-refractivity contribution in [3.8, 4) is 0 Å². The first-order valence-electron chi connectivity index (χ1n) is 6.81. The van der Waals surface area contributed by atoms with Crippen LogP contribution in [0.25, 0.3) is 0 Å². The van der Waals surface area contributed by atoms with Gasteiger partial charge in [-0.25, -0.2) is 4.39 Å². The summed E-state index contributed by atoms with van der Waals surface area (Å²) in [4.78, 5) is 13.9. The molecule has 1 aliphatic carbocycles. The third-order valence-corrected chi connectivity index (χ3v) is 3.85. The van der Waals surface area contributed by atoms with Crippen molar-refractivity contribution in [1.29, 1.82) is 0 Å². The monoisotopic (exact) mass is 264 g/mol. The molecular formula is C15H21FN2O. The Kier molecular flexibility index (Phi) is 4.53. The van der Waals surface area contributed by atoms with Crippen molar-refractivity contribution in [3.63, 3.8) is 0 Å². The fourth-order valence-corrected chi connectivity index (χ4v) is 2.61. The summed E-state index contributed by atoms with van der Waals surface area (Å²) in [6.07, 6.45) is 3.41. The summed E-state index contributed by atoms with van der Waals surface area (Å²) in [6.45, 7) is 0.663. The lowest BCUT2D eigenvalue weighted by Gasteiger charge is -2.21. The van der Waals surface area contributed by atoms with Gasteiger partial charge in [0.1, 0.15) is 5.82 Å². The molecule has 0 spiro atoms. The zero-order valence-corrected chi connectivity index (χ0v) is 11.3. The number of amides is 1. The van der Waals surface area contributed by atoms with Gasteiger partial charge in [0.05, 0.1) is 0 Å². The Bertz CT molecular complexity index is 432. The summed E-state index contributed by atoms with van der Waals surface area (Å²) in [6, 6.07) is 6.61. The van der Waals surface area contributed by atoms with Crippen molar-refractivity contribution < 1.29 is 9.18 Å². The van der Waals surface area contributed by atoms with Crippen LogP contribution in [0.3, 0.4) is 0 Å². The molecule has 1 fully saturated rings. The summed E-state index contributed by atoms with van der Waals surface area (Å²) in [7, 11) is 1.83. The largest absolute Gasteiger partial charge is 0.345 e. The zero-order valence-electron chi connectivity index (χ0n) is 11.3. The van der Waals surface area contributed by atoms with E-state index in [-0.39, 0.29) is 23.7 Å². The van der Waals surface area contributed by atoms with Gasteiger partial charge < -0.3 is 10.6 Å². The number of nitrogens with zero attached hydrogens (tertiary/aromatic N) is 1. The number of rotatable bonds is 4. The van der Waals surface area contributed by atoms with Crippen LogP contribution in [0.15, 0.2) is 24.3 Å². The van der Waals surface area contributed by atoms with Crippen LogP contribution in [0.4, 0.5) is 4.39 Å². The molecule has 4 heteroatoms. The molecule has 1 aromatic carbocycles. The zero-order chi connectivity index (χ0) is 13.8. The minimum Gasteiger partial charge on any atom is -0.345 e. The first-order valence-corrected chi connectivity index (χ1v) is 6.81. The highest BCUT2D eigenvalue weighted by atomic mass is 19.1. The Morgan fingerprint density at radius 1 is 1.37 bits per heavy atom. The molecule has 0 unspecified atom stereocenters. The lowest BCUT2D eigenvalue weighted by molar-refractivity contribution is -0.134. The van der Waals surface area contributed by atoms with E-state index >= 15 is 0 Å². The van der Waals surface area contributed by atoms with Gasteiger partial charge in [-0.2, -0.15) is 0 Å². The normalized spacial score (nSPS) is 22.5. The van der Waals surface area contributed by atoms with E-state index in [4.69, 9.17) is 5.73 Å². The molecule has 1 aromatic rings. The van der Waals surface area contributed by atoms with Crippen LogP contribution in [0.2, 0.25) is 0 Å². The molecular weight excluding hydrogens is 243 g/mol. The van der Waals surface area contributed by atoms with Crippen molar-refractivity contribution in [2.24, 2.45) is 11.7 Å². The fourth-order valence-electron chi connectivity index (χ4n) is 2.61. The van der Waals surface area contributed by atoms with Gasteiger partial charge >= 0.3 is 0 Å². The number of nitrogens with two attached hydrogens (primary N) is 1. The Labute approximate surface area is 113 Å². The lowest BCUT2D eigenvalue weighted by atomic mass is 10.1. The van der Waals surface area contributed by atoms with Gasteiger partial charge in [-0.15, -0.1) is 0 Å². The second-order valence-corrected chi connectivity index (χ2v) is 5.41. The van der Waals surface area contributed by atoms with E-state index in [1.807, 2.05) is 7.05 Å². The predicted molar refractivity (Wildman–Crippen MR) is 73.1 cm³/mol. The SMILES string of the molecule is CN(CCc1ccc(F)cc1)C(=O)[C@H]1CC[C@H](N)C1. The van der Waals surface area contributed by atoms with Gasteiger partial charge in [0.2, 0.25) is 5.91 Å². The quantitative estimate of drug-likeness (QED) is 0.903. The molecule has 0 saturated heterocycles. The maximum Gasteiger partial charge on any atom is 0.225 e. The Hall–Kier alpha value is -1.42. The van der Waals surface area contributed by atoms with Crippen LogP contribution in [-0.2, 0) is 11.2 Å². The molecule has 0 heterocycles. The standard InChI is InChI=1S/C15H21FN2O/c1-18(15(19)12-4-7-14(17)10-12)9-8-11-2-5-13(16)6-3-11/h2-3,5-6,12,14H,4,7-10,17H2,1H3/t12-,14-/m0/s1. The molecule has 0 radical (unpaired) electrons. The maximum atomic E-state index is 12.8. The van der Waals surface area contributed by atoms with Crippen molar-refractivity contribution in [1.82, 2.24) is 4.90 Å². The van der Waals surface area contributed by atoms with Crippen LogP contribution in [0.1, 0.15) is 24.8 Å². The number of benzene rings is 1. The molecule has 1 aliphatic rings. The van der Waals surface area contributed by atoms with Crippen LogP contribution in [0, 0.1) is 11.7 Å². The molecule has 2 atom stereocenters. The molecule has 1 saturated carbocycles. The summed E-state index contributed by atoms with van der Waals surface area (Å²) in [5, 5.41) is 0. The molecule has 19 heavy (non-hydrogen) atoms. The minimum absolute atomic E-state index is 0.0909. The van der Waals surface area contributed by atoms with Gasteiger partial charge in [-0.1, -0.05) is 12.1 Å². The summed E-state index contributed by atoms with van der Waals surface area (Å²) in [5.74, 6) is 0.0522. The molecule has 1 amide bonds. The first-order chi connectivity index (χ1) is 9.06. The van der Waals surface area contributed by atoms with Crippen LogP contribution in [0.5, 0.6) is 0 Å². The van der Waals surface area contributed by atoms with Crippen LogP contribution >= 0.6 is 0 Å². The van der Waals surface area contributed by atoms with Crippen molar-refractivity contribution in [2.75, 3.05) is 13.6 Å². The van der Waals surface area contributed by atoms with Gasteiger partial charge in [-0.3, -0.25) is 4.79 Å². The third-order valence-electron chi connectivity index (χ3n) is 3.85. The molecule has 104 valence electrons. The van der Waals surface area contributed by atoms with E-state index in [1.165, 1.54) is 12.1 Å². The molecule has 0 aromatic heterocycles. The number of hydrogen-bond donors (Lipinski definition) is 1. The molecule has 2 rings (SSSR count). The predicted octanol–water partition coefficient (Wildman–Crippen LogP) is 1.95. The Morgan fingerprint density at radius 2 is 2.05 bits per heavy atom. The smallest absolute Gasteiger partial charge is 0.225 e. The lowest BCUT2D eigenvalue weighted by Crippen LogP contribution is -2.34. The Balaban J connectivity index is 1.82. The maximum absolute atomic E-state index is 12.8. The number of hydrogen-bond acceptors (Lipinski definition) is 2. The molecule has 0 bridgehead atoms. The number of likely N-dealkylation sites (N-methyl/N-ethyl adjacent to an activating group) is 1. The Morgan fingerprint density at radius 3 is 2.63 bits per heavy atom. The van der Waals surface area contributed by atoms with Crippen molar-refractivity contribution >= 4 is 5.91 Å². The molecule has 2 N–H and O–H groups in total. The van der Waals surface area contributed by atoms with Gasteiger partial charge in [0.25, 0.3) is 0 Å². The van der Waals surface area contributed by atoms with E-state index in [1.54, 1.807) is 17.0 Å². The van der Waals surface area contributed by atoms with E-state index < -0.39 is 0 Å². The topological polar surface area (TPSA) is 46.3 Å². The fraction of sp³-hybridized carbons (Fsp3) is 0.533. The highest BCUT2D eigenvalue weighted by Gasteiger charge is 2.29. The highest BCUT2D eigenvalue weighted by molar-refractivity contribution is 5.79. The minimum atomic E-state index is -0.229. The average molecular weight is 264 g/mol. The van der Waals surface area contributed by atoms with E-state index in [0.29, 0.717) is 6.54 Å². The second kappa shape index (κ2) is 6.15. The second-order valence-electron chi connectivity index (χ2n) is 5.41. The first kappa shape index (κ1) is 14.0. The van der Waals surface area contributed by atoms with E-state index in [9.17, 15) is 9.18 Å².